The van der Waals surface area contributed by atoms with E-state index in [4.69, 9.17) is 0 Å². The molecule has 3 rings (SSSR count). The second kappa shape index (κ2) is 6.51. The number of anilines is 1. The number of rotatable bonds is 6. The first kappa shape index (κ1) is 15.1. The van der Waals surface area contributed by atoms with Crippen LogP contribution in [0.2, 0.25) is 0 Å². The van der Waals surface area contributed by atoms with Crippen molar-refractivity contribution in [3.8, 4) is 0 Å². The first-order chi connectivity index (χ1) is 10.1. The Labute approximate surface area is 139 Å². The van der Waals surface area contributed by atoms with Gasteiger partial charge in [-0.15, -0.1) is 11.3 Å². The van der Waals surface area contributed by atoms with Crippen molar-refractivity contribution in [2.75, 3.05) is 11.9 Å². The van der Waals surface area contributed by atoms with Crippen LogP contribution in [0.5, 0.6) is 0 Å². The molecule has 112 valence electrons. The van der Waals surface area contributed by atoms with E-state index in [-0.39, 0.29) is 0 Å². The van der Waals surface area contributed by atoms with Gasteiger partial charge in [-0.2, -0.15) is 0 Å². The molecule has 0 radical (unpaired) electrons. The molecule has 1 heterocycles. The van der Waals surface area contributed by atoms with Gasteiger partial charge < -0.3 is 10.2 Å². The van der Waals surface area contributed by atoms with Crippen LogP contribution in [0.4, 0.5) is 5.69 Å². The largest absolute Gasteiger partial charge is 0.367 e. The van der Waals surface area contributed by atoms with Gasteiger partial charge in [0.25, 0.3) is 0 Å². The van der Waals surface area contributed by atoms with E-state index in [0.29, 0.717) is 6.04 Å². The molecule has 1 aromatic heterocycles. The van der Waals surface area contributed by atoms with Gasteiger partial charge in [-0.05, 0) is 48.9 Å². The number of benzene rings is 1. The highest BCUT2D eigenvalue weighted by Gasteiger charge is 2.22. The molecule has 0 saturated heterocycles. The Morgan fingerprint density at radius 1 is 1.38 bits per heavy atom. The maximum absolute atomic E-state index is 3.62. The average Bonchev–Trinajstić information content (AvgIpc) is 3.16. The van der Waals surface area contributed by atoms with Crippen LogP contribution < -0.4 is 10.2 Å². The fraction of sp³-hybridized carbons (Fsp3) is 0.412. The minimum Gasteiger partial charge on any atom is -0.367 e. The number of thiophene rings is 1. The van der Waals surface area contributed by atoms with Gasteiger partial charge in [0.15, 0.2) is 0 Å². The van der Waals surface area contributed by atoms with Crippen LogP contribution in [0, 0.1) is 0 Å². The quantitative estimate of drug-likeness (QED) is 0.778. The van der Waals surface area contributed by atoms with Gasteiger partial charge >= 0.3 is 0 Å². The number of hydrogen-bond donors (Lipinski definition) is 1. The third-order valence-corrected chi connectivity index (χ3v) is 5.66. The Bertz CT molecular complexity index is 593. The molecule has 0 aliphatic heterocycles. The Morgan fingerprint density at radius 2 is 2.19 bits per heavy atom. The predicted octanol–water partition coefficient (Wildman–Crippen LogP) is 4.96. The zero-order chi connectivity index (χ0) is 14.8. The lowest BCUT2D eigenvalue weighted by molar-refractivity contribution is 0.679. The molecule has 0 amide bonds. The van der Waals surface area contributed by atoms with Crippen molar-refractivity contribution in [1.82, 2.24) is 5.32 Å². The highest BCUT2D eigenvalue weighted by Crippen LogP contribution is 2.32. The molecule has 0 bridgehead atoms. The van der Waals surface area contributed by atoms with Crippen LogP contribution in [0.25, 0.3) is 0 Å². The van der Waals surface area contributed by atoms with E-state index in [0.717, 1.165) is 17.1 Å². The first-order valence-electron chi connectivity index (χ1n) is 7.43. The van der Waals surface area contributed by atoms with Crippen LogP contribution in [0.1, 0.15) is 36.2 Å². The van der Waals surface area contributed by atoms with Crippen molar-refractivity contribution < 1.29 is 0 Å². The van der Waals surface area contributed by atoms with Crippen molar-refractivity contribution >= 4 is 33.0 Å². The van der Waals surface area contributed by atoms with Gasteiger partial charge in [0.2, 0.25) is 0 Å². The summed E-state index contributed by atoms with van der Waals surface area (Å²) in [6.45, 7) is 3.22. The van der Waals surface area contributed by atoms with Crippen LogP contribution in [0.15, 0.2) is 40.2 Å². The minimum atomic E-state index is 0.388. The second-order valence-electron chi connectivity index (χ2n) is 5.73. The summed E-state index contributed by atoms with van der Waals surface area (Å²) in [6, 6.07) is 12.1. The molecule has 1 fully saturated rings. The van der Waals surface area contributed by atoms with E-state index in [1.165, 1.54) is 29.0 Å². The van der Waals surface area contributed by atoms with Crippen molar-refractivity contribution in [3.05, 3.63) is 50.6 Å². The van der Waals surface area contributed by atoms with Gasteiger partial charge in [0, 0.05) is 34.7 Å². The first-order valence-corrected chi connectivity index (χ1v) is 9.10. The Morgan fingerprint density at radius 3 is 2.86 bits per heavy atom. The molecule has 2 nitrogen and oxygen atoms in total. The average molecular weight is 365 g/mol. The smallest absolute Gasteiger partial charge is 0.0603 e. The second-order valence-corrected chi connectivity index (χ2v) is 7.63. The maximum Gasteiger partial charge on any atom is 0.0603 e. The molecule has 1 aromatic carbocycles. The molecule has 1 N–H and O–H groups in total. The highest BCUT2D eigenvalue weighted by atomic mass is 79.9. The molecule has 0 spiro atoms. The summed E-state index contributed by atoms with van der Waals surface area (Å²) in [6.07, 6.45) is 2.65. The fourth-order valence-electron chi connectivity index (χ4n) is 2.49. The van der Waals surface area contributed by atoms with Gasteiger partial charge in [0.05, 0.1) is 6.04 Å². The number of halogens is 1. The Balaban J connectivity index is 1.82. The minimum absolute atomic E-state index is 0.388. The molecule has 1 saturated carbocycles. The van der Waals surface area contributed by atoms with E-state index >= 15 is 0 Å². The lowest BCUT2D eigenvalue weighted by Gasteiger charge is -2.29. The topological polar surface area (TPSA) is 15.3 Å². The number of nitrogens with zero attached hydrogens (tertiary/aromatic N) is 1. The molecular weight excluding hydrogens is 344 g/mol. The molecule has 1 atom stereocenters. The third kappa shape index (κ3) is 3.68. The number of hydrogen-bond acceptors (Lipinski definition) is 3. The fourth-order valence-corrected chi connectivity index (χ4v) is 3.66. The lowest BCUT2D eigenvalue weighted by atomic mass is 10.1. The van der Waals surface area contributed by atoms with Crippen molar-refractivity contribution in [2.45, 2.75) is 38.4 Å². The van der Waals surface area contributed by atoms with Gasteiger partial charge in [-0.25, -0.2) is 0 Å². The molecule has 1 aliphatic rings. The van der Waals surface area contributed by atoms with Crippen molar-refractivity contribution in [1.29, 1.82) is 0 Å². The van der Waals surface area contributed by atoms with Crippen molar-refractivity contribution in [2.24, 2.45) is 0 Å². The molecule has 2 aromatic rings. The van der Waals surface area contributed by atoms with E-state index in [9.17, 15) is 0 Å². The van der Waals surface area contributed by atoms with Crippen LogP contribution >= 0.6 is 27.3 Å². The Hall–Kier alpha value is -0.840. The van der Waals surface area contributed by atoms with Gasteiger partial charge in [-0.3, -0.25) is 0 Å². The molecular formula is C17H21BrN2S. The van der Waals surface area contributed by atoms with Gasteiger partial charge in [0.1, 0.15) is 0 Å². The monoisotopic (exact) mass is 364 g/mol. The summed E-state index contributed by atoms with van der Waals surface area (Å²) in [5, 5.41) is 5.77. The lowest BCUT2D eigenvalue weighted by Crippen LogP contribution is -2.24. The van der Waals surface area contributed by atoms with E-state index in [1.54, 1.807) is 0 Å². The normalized spacial score (nSPS) is 16.0. The summed E-state index contributed by atoms with van der Waals surface area (Å²) in [4.78, 5) is 3.78. The number of nitrogens with one attached hydrogen (secondary N) is 1. The summed E-state index contributed by atoms with van der Waals surface area (Å²) in [5.41, 5.74) is 2.68. The van der Waals surface area contributed by atoms with Crippen LogP contribution in [-0.4, -0.2) is 13.1 Å². The summed E-state index contributed by atoms with van der Waals surface area (Å²) in [7, 11) is 2.19. The predicted molar refractivity (Wildman–Crippen MR) is 95.1 cm³/mol. The summed E-state index contributed by atoms with van der Waals surface area (Å²) >= 11 is 5.43. The zero-order valence-electron chi connectivity index (χ0n) is 12.5. The molecule has 4 heteroatoms. The van der Waals surface area contributed by atoms with E-state index in [2.05, 4.69) is 75.8 Å². The highest BCUT2D eigenvalue weighted by molar-refractivity contribution is 9.10. The standard InChI is InChI=1S/C17H21BrN2S/c1-12(17-4-3-9-21-17)20(2)16-10-14(18)6-5-13(16)11-19-15-7-8-15/h3-6,9-10,12,15,19H,7-8,11H2,1-2H3. The van der Waals surface area contributed by atoms with Crippen LogP contribution in [-0.2, 0) is 6.54 Å². The zero-order valence-corrected chi connectivity index (χ0v) is 14.9. The van der Waals surface area contributed by atoms with Crippen LogP contribution in [0.3, 0.4) is 0 Å². The van der Waals surface area contributed by atoms with E-state index in [1.807, 2.05) is 11.3 Å². The van der Waals surface area contributed by atoms with Crippen molar-refractivity contribution in [3.63, 3.8) is 0 Å². The van der Waals surface area contributed by atoms with E-state index < -0.39 is 0 Å². The maximum atomic E-state index is 3.62. The Kier molecular flexibility index (Phi) is 4.67. The molecule has 1 unspecified atom stereocenters. The van der Waals surface area contributed by atoms with Gasteiger partial charge in [-0.1, -0.05) is 28.1 Å². The summed E-state index contributed by atoms with van der Waals surface area (Å²) in [5.74, 6) is 0. The summed E-state index contributed by atoms with van der Waals surface area (Å²) < 4.78 is 1.14. The molecule has 21 heavy (non-hydrogen) atoms. The molecule has 1 aliphatic carbocycles. The SMILES string of the molecule is CC(c1cccs1)N(C)c1cc(Br)ccc1CNC1CC1. The third-order valence-electron chi connectivity index (χ3n) is 4.12.